The highest BCUT2D eigenvalue weighted by Crippen LogP contribution is 2.47. The van der Waals surface area contributed by atoms with Gasteiger partial charge in [-0.25, -0.2) is 4.99 Å². The maximum Gasteiger partial charge on any atom is 0.161 e. The standard InChI is InChI=1S/C86H117NO8/c1-20-56(9)48-88-77-38-36-71(42-79(77)90-50-58(11)22-3)75-46-83(94-54-62(15)26-7)81(92-52-60(13)24-5)44-73(75)67-28-32-69(33-29-67)86(87-85-65(18)40-64(17)41-66(85)19)70-34-30-68(31-35-70)74-45-82(93-53-61(14)25-6)84(95-55-63(16)27-8)47-76(74)72-37-39-78(89-49-57(10)21-2)80(43-72)91-51-59(12)23-4/h28-47,56-63H,20-27,48-55H2,1-19H3. The normalized spacial score (nSPS) is 14.0. The summed E-state index contributed by atoms with van der Waals surface area (Å²) in [7, 11) is 0. The molecule has 0 aromatic heterocycles. The van der Waals surface area contributed by atoms with Gasteiger partial charge in [0.2, 0.25) is 0 Å². The van der Waals surface area contributed by atoms with Crippen molar-refractivity contribution in [3.8, 4) is 90.5 Å². The van der Waals surface area contributed by atoms with Gasteiger partial charge in [-0.3, -0.25) is 0 Å². The summed E-state index contributed by atoms with van der Waals surface area (Å²) in [5.74, 6) is 8.92. The molecule has 0 saturated carbocycles. The Kier molecular flexibility index (Phi) is 29.4. The van der Waals surface area contributed by atoms with E-state index in [1.54, 1.807) is 0 Å². The molecule has 0 N–H and O–H groups in total. The number of hydrogen-bond acceptors (Lipinski definition) is 9. The molecule has 0 bridgehead atoms. The Morgan fingerprint density at radius 2 is 0.495 bits per heavy atom. The molecule has 0 radical (unpaired) electrons. The second-order valence-electron chi connectivity index (χ2n) is 28.0. The lowest BCUT2D eigenvalue weighted by molar-refractivity contribution is 0.217. The summed E-state index contributed by atoms with van der Waals surface area (Å²) >= 11 is 0. The number of ether oxygens (including phenoxy) is 8. The monoisotopic (exact) mass is 1290 g/mol. The summed E-state index contributed by atoms with van der Waals surface area (Å²) in [6, 6.07) is 43.8. The van der Waals surface area contributed by atoms with Gasteiger partial charge in [-0.1, -0.05) is 241 Å². The molecule has 7 aromatic rings. The molecule has 8 atom stereocenters. The van der Waals surface area contributed by atoms with E-state index in [1.807, 2.05) is 0 Å². The Morgan fingerprint density at radius 3 is 0.747 bits per heavy atom. The van der Waals surface area contributed by atoms with Crippen molar-refractivity contribution in [2.24, 2.45) is 52.3 Å². The lowest BCUT2D eigenvalue weighted by Crippen LogP contribution is -2.12. The lowest BCUT2D eigenvalue weighted by atomic mass is 9.91. The van der Waals surface area contributed by atoms with Gasteiger partial charge in [0.15, 0.2) is 46.0 Å². The fraction of sp³-hybridized carbons (Fsp3) is 0.500. The highest BCUT2D eigenvalue weighted by Gasteiger charge is 2.24. The van der Waals surface area contributed by atoms with Crippen LogP contribution in [0.3, 0.4) is 0 Å². The fourth-order valence-corrected chi connectivity index (χ4v) is 10.5. The van der Waals surface area contributed by atoms with Crippen molar-refractivity contribution in [3.63, 3.8) is 0 Å². The van der Waals surface area contributed by atoms with Crippen LogP contribution in [0.15, 0.2) is 126 Å². The maximum atomic E-state index is 6.78. The maximum absolute atomic E-state index is 6.78. The Labute approximate surface area is 574 Å². The summed E-state index contributed by atoms with van der Waals surface area (Å²) in [4.78, 5) is 5.67. The van der Waals surface area contributed by atoms with E-state index in [9.17, 15) is 0 Å². The van der Waals surface area contributed by atoms with Crippen LogP contribution in [0.1, 0.15) is 190 Å². The van der Waals surface area contributed by atoms with Gasteiger partial charge in [0, 0.05) is 11.1 Å². The number of nitrogens with zero attached hydrogens (tertiary/aromatic N) is 1. The minimum atomic E-state index is 0.359. The Balaban J connectivity index is 1.42. The molecule has 0 heterocycles. The van der Waals surface area contributed by atoms with E-state index in [4.69, 9.17) is 42.9 Å². The van der Waals surface area contributed by atoms with E-state index in [-0.39, 0.29) is 0 Å². The molecule has 0 aliphatic heterocycles. The van der Waals surface area contributed by atoms with E-state index in [1.165, 1.54) is 5.56 Å². The molecule has 0 aliphatic carbocycles. The Hall–Kier alpha value is -7.39. The Bertz CT molecular complexity index is 3310. The molecule has 7 aromatic carbocycles. The average molecular weight is 1290 g/mol. The minimum Gasteiger partial charge on any atom is -0.489 e. The van der Waals surface area contributed by atoms with Crippen molar-refractivity contribution >= 4 is 11.4 Å². The first-order valence-electron chi connectivity index (χ1n) is 36.3. The predicted octanol–water partition coefficient (Wildman–Crippen LogP) is 23.8. The van der Waals surface area contributed by atoms with Gasteiger partial charge in [0.1, 0.15) is 0 Å². The highest BCUT2D eigenvalue weighted by molar-refractivity contribution is 6.14. The summed E-state index contributed by atoms with van der Waals surface area (Å²) < 4.78 is 53.5. The van der Waals surface area contributed by atoms with Crippen LogP contribution >= 0.6 is 0 Å². The van der Waals surface area contributed by atoms with Crippen LogP contribution in [-0.4, -0.2) is 58.6 Å². The molecule has 95 heavy (non-hydrogen) atoms. The van der Waals surface area contributed by atoms with Gasteiger partial charge in [-0.05, 0) is 172 Å². The smallest absolute Gasteiger partial charge is 0.161 e. The fourth-order valence-electron chi connectivity index (χ4n) is 10.5. The lowest BCUT2D eigenvalue weighted by Gasteiger charge is -2.22. The van der Waals surface area contributed by atoms with E-state index < -0.39 is 0 Å². The highest BCUT2D eigenvalue weighted by atomic mass is 16.5. The molecule has 0 aliphatic rings. The topological polar surface area (TPSA) is 86.2 Å². The summed E-state index contributed by atoms with van der Waals surface area (Å²) in [6.07, 6.45) is 8.11. The van der Waals surface area contributed by atoms with E-state index in [2.05, 4.69) is 253 Å². The van der Waals surface area contributed by atoms with Gasteiger partial charge in [-0.2, -0.15) is 0 Å². The molecule has 9 nitrogen and oxygen atoms in total. The third-order valence-corrected chi connectivity index (χ3v) is 19.2. The number of benzene rings is 7. The molecule has 8 unspecified atom stereocenters. The van der Waals surface area contributed by atoms with Crippen molar-refractivity contribution in [1.82, 2.24) is 0 Å². The first-order valence-corrected chi connectivity index (χ1v) is 36.3. The quantitative estimate of drug-likeness (QED) is 0.0352. The van der Waals surface area contributed by atoms with Gasteiger partial charge >= 0.3 is 0 Å². The molecule has 0 saturated heterocycles. The van der Waals surface area contributed by atoms with Gasteiger partial charge in [0.25, 0.3) is 0 Å². The molecule has 0 fully saturated rings. The van der Waals surface area contributed by atoms with Crippen LogP contribution in [-0.2, 0) is 0 Å². The first-order chi connectivity index (χ1) is 45.7. The van der Waals surface area contributed by atoms with E-state index in [0.29, 0.717) is 100 Å². The van der Waals surface area contributed by atoms with E-state index >= 15 is 0 Å². The van der Waals surface area contributed by atoms with Crippen molar-refractivity contribution < 1.29 is 37.9 Å². The van der Waals surface area contributed by atoms with Crippen LogP contribution < -0.4 is 37.9 Å². The van der Waals surface area contributed by atoms with Crippen LogP contribution in [0.25, 0.3) is 44.5 Å². The van der Waals surface area contributed by atoms with Crippen molar-refractivity contribution in [3.05, 3.63) is 149 Å². The second kappa shape index (κ2) is 37.2. The molecule has 7 rings (SSSR count). The summed E-state index contributed by atoms with van der Waals surface area (Å²) in [6.45, 7) is 46.7. The molecule has 0 amide bonds. The molecule has 0 spiro atoms. The van der Waals surface area contributed by atoms with Gasteiger partial charge < -0.3 is 37.9 Å². The number of aryl methyl sites for hydroxylation is 3. The third kappa shape index (κ3) is 21.3. The zero-order valence-electron chi connectivity index (χ0n) is 61.7. The average Bonchev–Trinajstić information content (AvgIpc) is 0.988. The van der Waals surface area contributed by atoms with E-state index in [0.717, 1.165) is 176 Å². The molecular weight excluding hydrogens is 1170 g/mol. The zero-order valence-corrected chi connectivity index (χ0v) is 61.7. The Morgan fingerprint density at radius 1 is 0.274 bits per heavy atom. The largest absolute Gasteiger partial charge is 0.489 e. The summed E-state index contributed by atoms with van der Waals surface area (Å²) in [5.41, 5.74) is 15.3. The van der Waals surface area contributed by atoms with Crippen molar-refractivity contribution in [2.45, 2.75) is 183 Å². The van der Waals surface area contributed by atoms with Crippen LogP contribution in [0.2, 0.25) is 0 Å². The van der Waals surface area contributed by atoms with Crippen molar-refractivity contribution in [1.29, 1.82) is 0 Å². The molecule has 514 valence electrons. The first kappa shape index (κ1) is 75.0. The third-order valence-electron chi connectivity index (χ3n) is 19.2. The minimum absolute atomic E-state index is 0.359. The number of hydrogen-bond donors (Lipinski definition) is 0. The number of rotatable bonds is 39. The van der Waals surface area contributed by atoms with Crippen LogP contribution in [0.5, 0.6) is 46.0 Å². The predicted molar refractivity (Wildman–Crippen MR) is 400 cm³/mol. The van der Waals surface area contributed by atoms with Crippen molar-refractivity contribution in [2.75, 3.05) is 52.9 Å². The SMILES string of the molecule is CCC(C)COc1ccc(-c2cc(OCC(C)CC)c(OCC(C)CC)cc2-c2ccc(C(=Nc3c(C)cc(C)cc3C)c3ccc(-c4cc(OCC(C)CC)c(OCC(C)CC)cc4-c4ccc(OCC(C)CC)c(OCC(C)CC)c4)cc3)cc2)cc1OCC(C)CC. The number of aliphatic imine (C=N–C) groups is 1. The second-order valence-corrected chi connectivity index (χ2v) is 28.0. The van der Waals surface area contributed by atoms with Crippen LogP contribution in [0, 0.1) is 68.1 Å². The molecular formula is C86H117NO8. The summed E-state index contributed by atoms with van der Waals surface area (Å²) in [5, 5.41) is 0. The zero-order chi connectivity index (χ0) is 68.7. The van der Waals surface area contributed by atoms with Crippen LogP contribution in [0.4, 0.5) is 5.69 Å². The van der Waals surface area contributed by atoms with Gasteiger partial charge in [0.05, 0.1) is 64.3 Å². The molecule has 9 heteroatoms. The van der Waals surface area contributed by atoms with Gasteiger partial charge in [-0.15, -0.1) is 0 Å².